The summed E-state index contributed by atoms with van der Waals surface area (Å²) in [7, 11) is 0. The second kappa shape index (κ2) is 8.70. The Morgan fingerprint density at radius 3 is 2.46 bits per heavy atom. The average Bonchev–Trinajstić information content (AvgIpc) is 2.67. The molecule has 3 aromatic rings. The van der Waals surface area contributed by atoms with Gasteiger partial charge in [-0.25, -0.2) is 4.39 Å². The summed E-state index contributed by atoms with van der Waals surface area (Å²) in [6.45, 7) is 1.14. The highest BCUT2D eigenvalue weighted by molar-refractivity contribution is 6.30. The van der Waals surface area contributed by atoms with Gasteiger partial charge in [-0.05, 0) is 41.5 Å². The second-order valence-corrected chi connectivity index (χ2v) is 6.13. The van der Waals surface area contributed by atoms with Gasteiger partial charge in [0.2, 0.25) is 0 Å². The smallest absolute Gasteiger partial charge is 0.162 e. The first-order valence-corrected chi connectivity index (χ1v) is 8.64. The van der Waals surface area contributed by atoms with E-state index in [1.807, 2.05) is 30.3 Å². The maximum Gasteiger partial charge on any atom is 0.162 e. The Hall–Kier alpha value is -2.56. The molecule has 2 N–H and O–H groups in total. The van der Waals surface area contributed by atoms with Crippen molar-refractivity contribution in [2.45, 2.75) is 6.61 Å². The van der Waals surface area contributed by atoms with E-state index in [4.69, 9.17) is 26.8 Å². The first kappa shape index (κ1) is 18.2. The van der Waals surface area contributed by atoms with Gasteiger partial charge >= 0.3 is 0 Å². The van der Waals surface area contributed by atoms with Gasteiger partial charge in [0, 0.05) is 17.1 Å². The molecule has 0 spiro atoms. The number of benzene rings is 3. The van der Waals surface area contributed by atoms with Gasteiger partial charge in [0.05, 0.1) is 0 Å². The highest BCUT2D eigenvalue weighted by atomic mass is 35.5. The van der Waals surface area contributed by atoms with Crippen molar-refractivity contribution in [1.82, 2.24) is 0 Å². The maximum absolute atomic E-state index is 14.2. The Bertz CT molecular complexity index is 871. The lowest BCUT2D eigenvalue weighted by Crippen LogP contribution is -2.11. The molecular weight excluding hydrogens is 353 g/mol. The number of nitrogens with two attached hydrogens (primary N) is 1. The quantitative estimate of drug-likeness (QED) is 0.631. The van der Waals surface area contributed by atoms with E-state index >= 15 is 0 Å². The fourth-order valence-electron chi connectivity index (χ4n) is 2.53. The minimum Gasteiger partial charge on any atom is -0.488 e. The normalized spacial score (nSPS) is 10.6. The van der Waals surface area contributed by atoms with Crippen LogP contribution in [-0.4, -0.2) is 13.2 Å². The summed E-state index contributed by atoms with van der Waals surface area (Å²) in [5, 5.41) is 0.469. The minimum absolute atomic E-state index is 0.348. The van der Waals surface area contributed by atoms with Crippen LogP contribution in [0.3, 0.4) is 0 Å². The van der Waals surface area contributed by atoms with E-state index in [0.717, 1.165) is 5.56 Å². The fourth-order valence-corrected chi connectivity index (χ4v) is 2.70. The molecule has 26 heavy (non-hydrogen) atoms. The van der Waals surface area contributed by atoms with Crippen molar-refractivity contribution < 1.29 is 13.9 Å². The number of rotatable bonds is 7. The van der Waals surface area contributed by atoms with E-state index in [2.05, 4.69) is 0 Å². The molecule has 134 valence electrons. The Morgan fingerprint density at radius 2 is 1.69 bits per heavy atom. The standard InChI is InChI=1S/C21H19ClFNO2/c22-17-7-8-19(23)18(13-17)16-6-9-20(25-11-10-24)21(12-16)26-14-15-4-2-1-3-5-15/h1-9,12-13H,10-11,14,24H2. The highest BCUT2D eigenvalue weighted by Gasteiger charge is 2.12. The van der Waals surface area contributed by atoms with Crippen LogP contribution in [0, 0.1) is 5.82 Å². The SMILES string of the molecule is NCCOc1ccc(-c2cc(Cl)ccc2F)cc1OCc1ccccc1. The molecule has 0 amide bonds. The van der Waals surface area contributed by atoms with Crippen molar-refractivity contribution in [1.29, 1.82) is 0 Å². The van der Waals surface area contributed by atoms with Crippen LogP contribution in [-0.2, 0) is 6.61 Å². The van der Waals surface area contributed by atoms with E-state index in [1.165, 1.54) is 12.1 Å². The van der Waals surface area contributed by atoms with Gasteiger partial charge in [-0.3, -0.25) is 0 Å². The average molecular weight is 372 g/mol. The lowest BCUT2D eigenvalue weighted by Gasteiger charge is -2.14. The van der Waals surface area contributed by atoms with Gasteiger partial charge in [-0.1, -0.05) is 48.0 Å². The van der Waals surface area contributed by atoms with Gasteiger partial charge in [-0.15, -0.1) is 0 Å². The molecule has 0 radical (unpaired) electrons. The third kappa shape index (κ3) is 4.54. The van der Waals surface area contributed by atoms with Gasteiger partial charge in [0.1, 0.15) is 19.0 Å². The van der Waals surface area contributed by atoms with Gasteiger partial charge in [0.25, 0.3) is 0 Å². The first-order valence-electron chi connectivity index (χ1n) is 8.26. The Labute approximate surface area is 157 Å². The molecule has 0 aliphatic carbocycles. The van der Waals surface area contributed by atoms with E-state index in [9.17, 15) is 4.39 Å². The topological polar surface area (TPSA) is 44.5 Å². The summed E-state index contributed by atoms with van der Waals surface area (Å²) in [5.74, 6) is 0.746. The predicted octanol–water partition coefficient (Wildman–Crippen LogP) is 5.06. The zero-order valence-corrected chi connectivity index (χ0v) is 14.9. The van der Waals surface area contributed by atoms with Gasteiger partial charge in [0.15, 0.2) is 11.5 Å². The lowest BCUT2D eigenvalue weighted by atomic mass is 10.0. The molecule has 5 heteroatoms. The molecule has 0 heterocycles. The minimum atomic E-state index is -0.348. The van der Waals surface area contributed by atoms with Crippen LogP contribution in [0.2, 0.25) is 5.02 Å². The molecule has 0 aromatic heterocycles. The van der Waals surface area contributed by atoms with Crippen LogP contribution >= 0.6 is 11.6 Å². The van der Waals surface area contributed by atoms with Crippen molar-refractivity contribution in [3.8, 4) is 22.6 Å². The summed E-state index contributed by atoms with van der Waals surface area (Å²) in [5.41, 5.74) is 7.61. The summed E-state index contributed by atoms with van der Waals surface area (Å²) in [4.78, 5) is 0. The molecule has 3 aromatic carbocycles. The summed E-state index contributed by atoms with van der Waals surface area (Å²) >= 11 is 6.01. The van der Waals surface area contributed by atoms with Crippen LogP contribution in [0.1, 0.15) is 5.56 Å². The van der Waals surface area contributed by atoms with E-state index in [0.29, 0.717) is 47.4 Å². The molecule has 0 aliphatic heterocycles. The van der Waals surface area contributed by atoms with Crippen molar-refractivity contribution >= 4 is 11.6 Å². The molecule has 0 aliphatic rings. The summed E-state index contributed by atoms with van der Waals surface area (Å²) in [6, 6.07) is 19.5. The predicted molar refractivity (Wildman–Crippen MR) is 102 cm³/mol. The van der Waals surface area contributed by atoms with E-state index < -0.39 is 0 Å². The van der Waals surface area contributed by atoms with Crippen LogP contribution < -0.4 is 15.2 Å². The molecule has 0 saturated heterocycles. The summed E-state index contributed by atoms with van der Waals surface area (Å²) in [6.07, 6.45) is 0. The van der Waals surface area contributed by atoms with Gasteiger partial charge < -0.3 is 15.2 Å². The van der Waals surface area contributed by atoms with Crippen LogP contribution in [0.4, 0.5) is 4.39 Å². The van der Waals surface area contributed by atoms with Crippen molar-refractivity contribution in [3.05, 3.63) is 83.1 Å². The number of hydrogen-bond acceptors (Lipinski definition) is 3. The molecule has 0 unspecified atom stereocenters. The first-order chi connectivity index (χ1) is 12.7. The Kier molecular flexibility index (Phi) is 6.10. The molecule has 0 fully saturated rings. The fraction of sp³-hybridized carbons (Fsp3) is 0.143. The van der Waals surface area contributed by atoms with E-state index in [1.54, 1.807) is 24.3 Å². The van der Waals surface area contributed by atoms with Crippen LogP contribution in [0.25, 0.3) is 11.1 Å². The molecule has 3 rings (SSSR count). The zero-order chi connectivity index (χ0) is 18.4. The van der Waals surface area contributed by atoms with E-state index in [-0.39, 0.29) is 5.82 Å². The third-order valence-electron chi connectivity index (χ3n) is 3.80. The van der Waals surface area contributed by atoms with Crippen LogP contribution in [0.15, 0.2) is 66.7 Å². The number of hydrogen-bond donors (Lipinski definition) is 1. The number of halogens is 2. The molecular formula is C21H19ClFNO2. The monoisotopic (exact) mass is 371 g/mol. The van der Waals surface area contributed by atoms with Gasteiger partial charge in [-0.2, -0.15) is 0 Å². The van der Waals surface area contributed by atoms with Crippen molar-refractivity contribution in [2.24, 2.45) is 5.73 Å². The van der Waals surface area contributed by atoms with Crippen LogP contribution in [0.5, 0.6) is 11.5 Å². The molecule has 0 atom stereocenters. The summed E-state index contributed by atoms with van der Waals surface area (Å²) < 4.78 is 25.8. The van der Waals surface area contributed by atoms with Crippen molar-refractivity contribution in [2.75, 3.05) is 13.2 Å². The maximum atomic E-state index is 14.2. The van der Waals surface area contributed by atoms with Crippen molar-refractivity contribution in [3.63, 3.8) is 0 Å². The Morgan fingerprint density at radius 1 is 0.885 bits per heavy atom. The lowest BCUT2D eigenvalue weighted by molar-refractivity contribution is 0.266. The zero-order valence-electron chi connectivity index (χ0n) is 14.1. The second-order valence-electron chi connectivity index (χ2n) is 5.70. The number of ether oxygens (including phenoxy) is 2. The molecule has 0 bridgehead atoms. The molecule has 3 nitrogen and oxygen atoms in total. The highest BCUT2D eigenvalue weighted by Crippen LogP contribution is 2.35. The largest absolute Gasteiger partial charge is 0.488 e. The molecule has 0 saturated carbocycles. The Balaban J connectivity index is 1.91. The third-order valence-corrected chi connectivity index (χ3v) is 4.03.